The quantitative estimate of drug-likeness (QED) is 0.867. The van der Waals surface area contributed by atoms with Gasteiger partial charge in [-0.1, -0.05) is 30.9 Å². The van der Waals surface area contributed by atoms with Crippen LogP contribution in [0.25, 0.3) is 0 Å². The van der Waals surface area contributed by atoms with E-state index in [9.17, 15) is 8.42 Å². The molecule has 0 atom stereocenters. The van der Waals surface area contributed by atoms with Gasteiger partial charge in [-0.3, -0.25) is 0 Å². The molecule has 1 fully saturated rings. The fourth-order valence-corrected chi connectivity index (χ4v) is 3.40. The molecular weight excluding hydrogens is 272 g/mol. The van der Waals surface area contributed by atoms with E-state index < -0.39 is 10.0 Å². The van der Waals surface area contributed by atoms with Gasteiger partial charge in [0, 0.05) is 12.7 Å². The van der Waals surface area contributed by atoms with Gasteiger partial charge in [-0.15, -0.1) is 0 Å². The highest BCUT2D eigenvalue weighted by atomic mass is 35.5. The summed E-state index contributed by atoms with van der Waals surface area (Å²) in [6.45, 7) is 0.519. The molecule has 4 nitrogen and oxygen atoms in total. The summed E-state index contributed by atoms with van der Waals surface area (Å²) in [7, 11) is -3.45. The Morgan fingerprint density at radius 2 is 2.00 bits per heavy atom. The second-order valence-corrected chi connectivity index (χ2v) is 6.83. The number of aromatic nitrogens is 1. The largest absolute Gasteiger partial charge is 0.243 e. The molecule has 6 heteroatoms. The molecule has 100 valence electrons. The van der Waals surface area contributed by atoms with Gasteiger partial charge in [0.05, 0.1) is 0 Å². The summed E-state index contributed by atoms with van der Waals surface area (Å²) in [6, 6.07) is 2.95. The fourth-order valence-electron chi connectivity index (χ4n) is 2.22. The summed E-state index contributed by atoms with van der Waals surface area (Å²) in [5.41, 5.74) is 0. The van der Waals surface area contributed by atoms with E-state index >= 15 is 0 Å². The predicted molar refractivity (Wildman–Crippen MR) is 71.0 cm³/mol. The lowest BCUT2D eigenvalue weighted by molar-refractivity contribution is 0.357. The topological polar surface area (TPSA) is 59.1 Å². The molecule has 1 saturated carbocycles. The Hall–Kier alpha value is -0.650. The second-order valence-electron chi connectivity index (χ2n) is 4.67. The number of sulfonamides is 1. The fraction of sp³-hybridized carbons (Fsp3) is 0.583. The molecule has 1 aromatic heterocycles. The molecule has 1 aromatic rings. The minimum Gasteiger partial charge on any atom is -0.243 e. The zero-order chi connectivity index (χ0) is 13.0. The van der Waals surface area contributed by atoms with Crippen LogP contribution in [0.4, 0.5) is 0 Å². The number of hydrogen-bond acceptors (Lipinski definition) is 3. The summed E-state index contributed by atoms with van der Waals surface area (Å²) in [4.78, 5) is 3.96. The van der Waals surface area contributed by atoms with Crippen molar-refractivity contribution in [2.75, 3.05) is 6.54 Å². The third-order valence-corrected chi connectivity index (χ3v) is 4.93. The van der Waals surface area contributed by atoms with Crippen LogP contribution in [0.3, 0.4) is 0 Å². The summed E-state index contributed by atoms with van der Waals surface area (Å²) < 4.78 is 26.6. The van der Waals surface area contributed by atoms with Crippen LogP contribution >= 0.6 is 11.6 Å². The minimum absolute atomic E-state index is 0.169. The van der Waals surface area contributed by atoms with Gasteiger partial charge in [-0.25, -0.2) is 18.1 Å². The Labute approximate surface area is 113 Å². The number of nitrogens with zero attached hydrogens (tertiary/aromatic N) is 1. The number of rotatable bonds is 4. The Kier molecular flexibility index (Phi) is 4.59. The zero-order valence-electron chi connectivity index (χ0n) is 10.1. The van der Waals surface area contributed by atoms with E-state index in [-0.39, 0.29) is 4.90 Å². The molecule has 1 heterocycles. The van der Waals surface area contributed by atoms with Gasteiger partial charge in [0.15, 0.2) is 0 Å². The van der Waals surface area contributed by atoms with Crippen molar-refractivity contribution in [1.82, 2.24) is 9.71 Å². The molecule has 0 radical (unpaired) electrons. The van der Waals surface area contributed by atoms with Gasteiger partial charge >= 0.3 is 0 Å². The molecule has 0 amide bonds. The number of hydrogen-bond donors (Lipinski definition) is 1. The van der Waals surface area contributed by atoms with Gasteiger partial charge in [0.25, 0.3) is 0 Å². The Bertz CT molecular complexity index is 481. The van der Waals surface area contributed by atoms with Crippen molar-refractivity contribution < 1.29 is 8.42 Å². The van der Waals surface area contributed by atoms with Crippen molar-refractivity contribution in [1.29, 1.82) is 0 Å². The van der Waals surface area contributed by atoms with Crippen LogP contribution in [-0.4, -0.2) is 19.9 Å². The van der Waals surface area contributed by atoms with E-state index in [2.05, 4.69) is 9.71 Å². The lowest BCUT2D eigenvalue weighted by Gasteiger charge is -2.21. The van der Waals surface area contributed by atoms with Crippen LogP contribution in [-0.2, 0) is 10.0 Å². The highest BCUT2D eigenvalue weighted by Crippen LogP contribution is 2.23. The summed E-state index contributed by atoms with van der Waals surface area (Å²) in [6.07, 6.45) is 7.18. The Morgan fingerprint density at radius 3 is 2.61 bits per heavy atom. The highest BCUT2D eigenvalue weighted by Gasteiger charge is 2.18. The van der Waals surface area contributed by atoms with E-state index in [0.717, 1.165) is 12.8 Å². The van der Waals surface area contributed by atoms with Crippen molar-refractivity contribution in [3.63, 3.8) is 0 Å². The summed E-state index contributed by atoms with van der Waals surface area (Å²) >= 11 is 5.63. The SMILES string of the molecule is O=S(=O)(NCC1CCCCC1)c1ccc(Cl)nc1. The van der Waals surface area contributed by atoms with Crippen molar-refractivity contribution in [2.24, 2.45) is 5.92 Å². The first-order valence-electron chi connectivity index (χ1n) is 6.19. The molecule has 2 rings (SSSR count). The average molecular weight is 289 g/mol. The van der Waals surface area contributed by atoms with E-state index in [0.29, 0.717) is 17.6 Å². The first-order valence-corrected chi connectivity index (χ1v) is 8.05. The summed E-state index contributed by atoms with van der Waals surface area (Å²) in [5, 5.41) is 0.293. The maximum absolute atomic E-state index is 12.0. The second kappa shape index (κ2) is 5.99. The van der Waals surface area contributed by atoms with E-state index in [4.69, 9.17) is 11.6 Å². The van der Waals surface area contributed by atoms with Gasteiger partial charge in [-0.2, -0.15) is 0 Å². The van der Waals surface area contributed by atoms with Crippen LogP contribution < -0.4 is 4.72 Å². The maximum Gasteiger partial charge on any atom is 0.242 e. The predicted octanol–water partition coefficient (Wildman–Crippen LogP) is 2.59. The standard InChI is InChI=1S/C12H17ClN2O2S/c13-12-7-6-11(9-14-12)18(16,17)15-8-10-4-2-1-3-5-10/h6-7,9-10,15H,1-5,8H2. The molecule has 0 saturated heterocycles. The van der Waals surface area contributed by atoms with Gasteiger partial charge in [0.1, 0.15) is 10.0 Å². The van der Waals surface area contributed by atoms with Gasteiger partial charge < -0.3 is 0 Å². The first kappa shape index (κ1) is 13.8. The minimum atomic E-state index is -3.45. The van der Waals surface area contributed by atoms with E-state index in [1.165, 1.54) is 37.6 Å². The molecule has 0 spiro atoms. The molecule has 1 N–H and O–H groups in total. The molecular formula is C12H17ClN2O2S. The number of nitrogens with one attached hydrogen (secondary N) is 1. The van der Waals surface area contributed by atoms with Gasteiger partial charge in [0.2, 0.25) is 10.0 Å². The molecule has 1 aliphatic rings. The lowest BCUT2D eigenvalue weighted by atomic mass is 9.90. The number of pyridine rings is 1. The Morgan fingerprint density at radius 1 is 1.28 bits per heavy atom. The molecule has 0 aromatic carbocycles. The first-order chi connectivity index (χ1) is 8.58. The molecule has 18 heavy (non-hydrogen) atoms. The zero-order valence-corrected chi connectivity index (χ0v) is 11.7. The van der Waals surface area contributed by atoms with Crippen LogP contribution in [0.2, 0.25) is 5.15 Å². The van der Waals surface area contributed by atoms with E-state index in [1.54, 1.807) is 0 Å². The molecule has 0 aliphatic heterocycles. The third kappa shape index (κ3) is 3.67. The van der Waals surface area contributed by atoms with Crippen molar-refractivity contribution in [3.8, 4) is 0 Å². The molecule has 1 aliphatic carbocycles. The van der Waals surface area contributed by atoms with Gasteiger partial charge in [-0.05, 0) is 30.9 Å². The third-order valence-electron chi connectivity index (χ3n) is 3.30. The van der Waals surface area contributed by atoms with E-state index in [1.807, 2.05) is 0 Å². The Balaban J connectivity index is 1.96. The van der Waals surface area contributed by atoms with Crippen LogP contribution in [0.1, 0.15) is 32.1 Å². The summed E-state index contributed by atoms with van der Waals surface area (Å²) in [5.74, 6) is 0.466. The van der Waals surface area contributed by atoms with Crippen LogP contribution in [0.5, 0.6) is 0 Å². The van der Waals surface area contributed by atoms with Crippen LogP contribution in [0, 0.1) is 5.92 Å². The average Bonchev–Trinajstić information content (AvgIpc) is 2.38. The normalized spacial score (nSPS) is 17.8. The number of halogens is 1. The smallest absolute Gasteiger partial charge is 0.242 e. The monoisotopic (exact) mass is 288 g/mol. The molecule has 0 unspecified atom stereocenters. The van der Waals surface area contributed by atoms with Crippen LogP contribution in [0.15, 0.2) is 23.2 Å². The highest BCUT2D eigenvalue weighted by molar-refractivity contribution is 7.89. The van der Waals surface area contributed by atoms with Crippen molar-refractivity contribution in [2.45, 2.75) is 37.0 Å². The van der Waals surface area contributed by atoms with Crippen molar-refractivity contribution >= 4 is 21.6 Å². The lowest BCUT2D eigenvalue weighted by Crippen LogP contribution is -2.30. The maximum atomic E-state index is 12.0. The molecule has 0 bridgehead atoms. The van der Waals surface area contributed by atoms with Crippen molar-refractivity contribution in [3.05, 3.63) is 23.5 Å².